The van der Waals surface area contributed by atoms with Crippen LogP contribution in [0.5, 0.6) is 0 Å². The van der Waals surface area contributed by atoms with Gasteiger partial charge in [0.05, 0.1) is 18.6 Å². The van der Waals surface area contributed by atoms with Crippen LogP contribution < -0.4 is 0 Å². The van der Waals surface area contributed by atoms with E-state index in [9.17, 15) is 4.79 Å². The van der Waals surface area contributed by atoms with Crippen LogP contribution in [-0.2, 0) is 14.9 Å². The average Bonchev–Trinajstić information content (AvgIpc) is 2.66. The van der Waals surface area contributed by atoms with Gasteiger partial charge in [-0.2, -0.15) is 0 Å². The third-order valence-electron chi connectivity index (χ3n) is 5.23. The van der Waals surface area contributed by atoms with Gasteiger partial charge >= 0.3 is 0 Å². The molecule has 1 fully saturated rings. The van der Waals surface area contributed by atoms with Crippen LogP contribution in [0.3, 0.4) is 0 Å². The molecule has 0 aliphatic carbocycles. The van der Waals surface area contributed by atoms with Crippen molar-refractivity contribution in [3.63, 3.8) is 0 Å². The Morgan fingerprint density at radius 3 is 2.58 bits per heavy atom. The van der Waals surface area contributed by atoms with Crippen molar-refractivity contribution in [3.05, 3.63) is 48.0 Å². The van der Waals surface area contributed by atoms with Gasteiger partial charge in [0.15, 0.2) is 0 Å². The molecule has 3 heteroatoms. The van der Waals surface area contributed by atoms with E-state index in [1.165, 1.54) is 22.6 Å². The molecular weight excluding hydrogens is 298 g/mol. The maximum atomic E-state index is 12.3. The highest BCUT2D eigenvalue weighted by Crippen LogP contribution is 2.36. The number of carbonyl (C=O) groups is 1. The van der Waals surface area contributed by atoms with E-state index in [0.29, 0.717) is 0 Å². The second kappa shape index (κ2) is 7.91. The van der Waals surface area contributed by atoms with Crippen molar-refractivity contribution in [3.8, 4) is 0 Å². The van der Waals surface area contributed by atoms with E-state index >= 15 is 0 Å². The number of rotatable bonds is 7. The van der Waals surface area contributed by atoms with Gasteiger partial charge in [-0.3, -0.25) is 4.90 Å². The summed E-state index contributed by atoms with van der Waals surface area (Å²) in [4.78, 5) is 14.7. The molecule has 2 aromatic carbocycles. The number of morpholine rings is 1. The third-order valence-corrected chi connectivity index (χ3v) is 5.23. The fourth-order valence-electron chi connectivity index (χ4n) is 3.86. The van der Waals surface area contributed by atoms with Crippen molar-refractivity contribution in [2.75, 3.05) is 32.8 Å². The van der Waals surface area contributed by atoms with E-state index in [0.717, 1.165) is 52.1 Å². The molecule has 3 nitrogen and oxygen atoms in total. The maximum absolute atomic E-state index is 12.3. The molecule has 2 aromatic rings. The summed E-state index contributed by atoms with van der Waals surface area (Å²) in [5, 5.41) is 2.42. The van der Waals surface area contributed by atoms with Crippen molar-refractivity contribution >= 4 is 17.1 Å². The van der Waals surface area contributed by atoms with Crippen molar-refractivity contribution in [1.29, 1.82) is 0 Å². The molecule has 1 aliphatic rings. The quantitative estimate of drug-likeness (QED) is 0.725. The number of benzene rings is 2. The minimum absolute atomic E-state index is 0.395. The lowest BCUT2D eigenvalue weighted by Gasteiger charge is -2.34. The predicted molar refractivity (Wildman–Crippen MR) is 98.5 cm³/mol. The second-order valence-electron chi connectivity index (χ2n) is 6.75. The van der Waals surface area contributed by atoms with E-state index in [4.69, 9.17) is 4.74 Å². The topological polar surface area (TPSA) is 29.5 Å². The Labute approximate surface area is 144 Å². The molecule has 0 radical (unpaired) electrons. The van der Waals surface area contributed by atoms with Gasteiger partial charge in [0.2, 0.25) is 0 Å². The number of nitrogens with zero attached hydrogens (tertiary/aromatic N) is 1. The van der Waals surface area contributed by atoms with E-state index in [1.807, 2.05) is 0 Å². The molecule has 128 valence electrons. The first-order valence-electron chi connectivity index (χ1n) is 9.04. The zero-order valence-electron chi connectivity index (χ0n) is 14.5. The summed E-state index contributed by atoms with van der Waals surface area (Å²) in [6.07, 6.45) is 3.98. The highest BCUT2D eigenvalue weighted by molar-refractivity contribution is 5.90. The van der Waals surface area contributed by atoms with Crippen LogP contribution in [0.2, 0.25) is 0 Å². The van der Waals surface area contributed by atoms with Crippen molar-refractivity contribution < 1.29 is 9.53 Å². The van der Waals surface area contributed by atoms with Gasteiger partial charge in [0.1, 0.15) is 6.29 Å². The molecule has 1 saturated heterocycles. The standard InChI is InChI=1S/C21H27NO2/c1-2-10-21(17-23,11-12-22-13-15-24-16-14-22)20-9-5-7-18-6-3-4-8-19(18)20/h3-9,17H,2,10-16H2,1H3. The third kappa shape index (κ3) is 3.52. The van der Waals surface area contributed by atoms with Gasteiger partial charge in [0, 0.05) is 13.1 Å². The molecule has 0 saturated carbocycles. The summed E-state index contributed by atoms with van der Waals surface area (Å²) in [6, 6.07) is 14.8. The summed E-state index contributed by atoms with van der Waals surface area (Å²) in [6.45, 7) is 6.66. The van der Waals surface area contributed by atoms with E-state index in [1.54, 1.807) is 0 Å². The number of aldehydes is 1. The minimum Gasteiger partial charge on any atom is -0.379 e. The summed E-state index contributed by atoms with van der Waals surface area (Å²) >= 11 is 0. The maximum Gasteiger partial charge on any atom is 0.130 e. The number of hydrogen-bond acceptors (Lipinski definition) is 3. The fraction of sp³-hybridized carbons (Fsp3) is 0.476. The molecular formula is C21H27NO2. The van der Waals surface area contributed by atoms with Gasteiger partial charge < -0.3 is 9.53 Å². The van der Waals surface area contributed by atoms with Crippen LogP contribution in [0.25, 0.3) is 10.8 Å². The van der Waals surface area contributed by atoms with Crippen LogP contribution in [0.1, 0.15) is 31.7 Å². The van der Waals surface area contributed by atoms with E-state index in [2.05, 4.69) is 54.3 Å². The number of carbonyl (C=O) groups excluding carboxylic acids is 1. The number of ether oxygens (including phenoxy) is 1. The van der Waals surface area contributed by atoms with Crippen molar-refractivity contribution in [1.82, 2.24) is 4.90 Å². The Hall–Kier alpha value is -1.71. The Morgan fingerprint density at radius 2 is 1.83 bits per heavy atom. The molecule has 0 N–H and O–H groups in total. The zero-order chi connectivity index (χ0) is 16.8. The molecule has 0 aromatic heterocycles. The zero-order valence-corrected chi connectivity index (χ0v) is 14.5. The van der Waals surface area contributed by atoms with Gasteiger partial charge in [-0.15, -0.1) is 0 Å². The van der Waals surface area contributed by atoms with Gasteiger partial charge in [-0.1, -0.05) is 55.8 Å². The lowest BCUT2D eigenvalue weighted by molar-refractivity contribution is -0.113. The Balaban J connectivity index is 1.93. The molecule has 3 rings (SSSR count). The van der Waals surface area contributed by atoms with Crippen LogP contribution in [0.15, 0.2) is 42.5 Å². The predicted octanol–water partition coefficient (Wildman–Crippen LogP) is 3.80. The first-order chi connectivity index (χ1) is 11.8. The molecule has 0 amide bonds. The Kier molecular flexibility index (Phi) is 5.64. The van der Waals surface area contributed by atoms with Crippen LogP contribution >= 0.6 is 0 Å². The monoisotopic (exact) mass is 325 g/mol. The first kappa shape index (κ1) is 17.1. The fourth-order valence-corrected chi connectivity index (χ4v) is 3.86. The molecule has 1 unspecified atom stereocenters. The number of fused-ring (bicyclic) bond motifs is 1. The molecule has 0 bridgehead atoms. The van der Waals surface area contributed by atoms with Gasteiger partial charge in [0.25, 0.3) is 0 Å². The summed E-state index contributed by atoms with van der Waals surface area (Å²) in [7, 11) is 0. The summed E-state index contributed by atoms with van der Waals surface area (Å²) in [5.74, 6) is 0. The summed E-state index contributed by atoms with van der Waals surface area (Å²) < 4.78 is 5.44. The lowest BCUT2D eigenvalue weighted by Crippen LogP contribution is -2.40. The molecule has 24 heavy (non-hydrogen) atoms. The molecule has 0 spiro atoms. The smallest absolute Gasteiger partial charge is 0.130 e. The SMILES string of the molecule is CCCC(C=O)(CCN1CCOCC1)c1cccc2ccccc12. The van der Waals surface area contributed by atoms with E-state index in [-0.39, 0.29) is 0 Å². The van der Waals surface area contributed by atoms with Crippen molar-refractivity contribution in [2.24, 2.45) is 0 Å². The van der Waals surface area contributed by atoms with Crippen LogP contribution in [-0.4, -0.2) is 44.0 Å². The minimum atomic E-state index is -0.395. The molecule has 1 aliphatic heterocycles. The highest BCUT2D eigenvalue weighted by atomic mass is 16.5. The molecule has 1 atom stereocenters. The highest BCUT2D eigenvalue weighted by Gasteiger charge is 2.33. The Morgan fingerprint density at radius 1 is 1.08 bits per heavy atom. The lowest BCUT2D eigenvalue weighted by atomic mass is 9.73. The first-order valence-corrected chi connectivity index (χ1v) is 9.04. The number of hydrogen-bond donors (Lipinski definition) is 0. The van der Waals surface area contributed by atoms with Crippen LogP contribution in [0, 0.1) is 0 Å². The molecule has 1 heterocycles. The summed E-state index contributed by atoms with van der Waals surface area (Å²) in [5.41, 5.74) is 0.791. The van der Waals surface area contributed by atoms with Gasteiger partial charge in [-0.25, -0.2) is 0 Å². The van der Waals surface area contributed by atoms with Crippen molar-refractivity contribution in [2.45, 2.75) is 31.6 Å². The normalized spacial score (nSPS) is 18.4. The van der Waals surface area contributed by atoms with Crippen LogP contribution in [0.4, 0.5) is 0 Å². The second-order valence-corrected chi connectivity index (χ2v) is 6.75. The van der Waals surface area contributed by atoms with Gasteiger partial charge in [-0.05, 0) is 35.7 Å². The Bertz CT molecular complexity index is 673. The largest absolute Gasteiger partial charge is 0.379 e. The average molecular weight is 325 g/mol. The van der Waals surface area contributed by atoms with E-state index < -0.39 is 5.41 Å².